The third-order valence-corrected chi connectivity index (χ3v) is 1.48. The minimum absolute atomic E-state index is 0.188. The topological polar surface area (TPSA) is 72.3 Å². The smallest absolute Gasteiger partial charge is 0.0541 e. The average molecular weight is 146 g/mol. The van der Waals surface area contributed by atoms with Crippen molar-refractivity contribution < 1.29 is 5.11 Å². The normalized spacial score (nSPS) is 10.8. The molecular formula is C7H18N2O. The second kappa shape index (κ2) is 6.99. The van der Waals surface area contributed by atoms with Crippen molar-refractivity contribution in [3.8, 4) is 0 Å². The van der Waals surface area contributed by atoms with Crippen molar-refractivity contribution >= 4 is 0 Å². The summed E-state index contributed by atoms with van der Waals surface area (Å²) in [6.07, 6.45) is 3.26. The Morgan fingerprint density at radius 3 is 1.70 bits per heavy atom. The van der Waals surface area contributed by atoms with E-state index in [2.05, 4.69) is 0 Å². The van der Waals surface area contributed by atoms with Crippen LogP contribution >= 0.6 is 0 Å². The predicted octanol–water partition coefficient (Wildman–Crippen LogP) is -0.175. The van der Waals surface area contributed by atoms with Crippen LogP contribution in [0, 0.1) is 0 Å². The second-order valence-electron chi connectivity index (χ2n) is 2.52. The van der Waals surface area contributed by atoms with Gasteiger partial charge in [-0.2, -0.15) is 0 Å². The minimum Gasteiger partial charge on any atom is -0.393 e. The predicted molar refractivity (Wildman–Crippen MR) is 42.6 cm³/mol. The fourth-order valence-corrected chi connectivity index (χ4v) is 0.851. The molecule has 62 valence electrons. The van der Waals surface area contributed by atoms with Gasteiger partial charge in [0.25, 0.3) is 0 Å². The largest absolute Gasteiger partial charge is 0.393 e. The standard InChI is InChI=1S/C7H18N2O/c8-5-1-3-7(10)4-2-6-9/h7,10H,1-6,8-9H2. The molecule has 3 heteroatoms. The molecule has 3 nitrogen and oxygen atoms in total. The van der Waals surface area contributed by atoms with E-state index in [4.69, 9.17) is 11.5 Å². The van der Waals surface area contributed by atoms with Gasteiger partial charge in [0, 0.05) is 0 Å². The quantitative estimate of drug-likeness (QED) is 0.487. The van der Waals surface area contributed by atoms with E-state index in [0.29, 0.717) is 13.1 Å². The van der Waals surface area contributed by atoms with Crippen LogP contribution in [0.15, 0.2) is 0 Å². The molecule has 0 spiro atoms. The Balaban J connectivity index is 3.00. The molecule has 0 bridgehead atoms. The lowest BCUT2D eigenvalue weighted by molar-refractivity contribution is 0.151. The van der Waals surface area contributed by atoms with E-state index in [0.717, 1.165) is 25.7 Å². The molecule has 0 aromatic carbocycles. The van der Waals surface area contributed by atoms with Gasteiger partial charge < -0.3 is 16.6 Å². The van der Waals surface area contributed by atoms with Gasteiger partial charge in [-0.3, -0.25) is 0 Å². The van der Waals surface area contributed by atoms with Crippen LogP contribution in [-0.2, 0) is 0 Å². The van der Waals surface area contributed by atoms with Crippen molar-refractivity contribution in [2.75, 3.05) is 13.1 Å². The first kappa shape index (κ1) is 9.88. The maximum atomic E-state index is 9.20. The summed E-state index contributed by atoms with van der Waals surface area (Å²) < 4.78 is 0. The van der Waals surface area contributed by atoms with Gasteiger partial charge in [0.2, 0.25) is 0 Å². The Kier molecular flexibility index (Phi) is 6.91. The molecule has 10 heavy (non-hydrogen) atoms. The highest BCUT2D eigenvalue weighted by atomic mass is 16.3. The molecule has 0 atom stereocenters. The molecule has 0 rings (SSSR count). The molecule has 0 aromatic rings. The molecule has 0 heterocycles. The van der Waals surface area contributed by atoms with Gasteiger partial charge >= 0.3 is 0 Å². The van der Waals surface area contributed by atoms with E-state index >= 15 is 0 Å². The van der Waals surface area contributed by atoms with Gasteiger partial charge in [0.05, 0.1) is 6.10 Å². The summed E-state index contributed by atoms with van der Waals surface area (Å²) in [5.41, 5.74) is 10.5. The van der Waals surface area contributed by atoms with Crippen LogP contribution in [-0.4, -0.2) is 24.3 Å². The Morgan fingerprint density at radius 2 is 1.40 bits per heavy atom. The summed E-state index contributed by atoms with van der Waals surface area (Å²) >= 11 is 0. The summed E-state index contributed by atoms with van der Waals surface area (Å²) in [4.78, 5) is 0. The van der Waals surface area contributed by atoms with Crippen LogP contribution in [0.1, 0.15) is 25.7 Å². The number of aliphatic hydroxyl groups is 1. The van der Waals surface area contributed by atoms with Gasteiger partial charge in [0.1, 0.15) is 0 Å². The van der Waals surface area contributed by atoms with Crippen molar-refractivity contribution in [2.24, 2.45) is 11.5 Å². The molecule has 5 N–H and O–H groups in total. The van der Waals surface area contributed by atoms with Gasteiger partial charge in [-0.05, 0) is 38.8 Å². The van der Waals surface area contributed by atoms with E-state index in [1.165, 1.54) is 0 Å². The van der Waals surface area contributed by atoms with Crippen molar-refractivity contribution in [3.05, 3.63) is 0 Å². The molecular weight excluding hydrogens is 128 g/mol. The van der Waals surface area contributed by atoms with Crippen molar-refractivity contribution in [3.63, 3.8) is 0 Å². The molecule has 0 saturated carbocycles. The third kappa shape index (κ3) is 6.01. The first-order valence-electron chi connectivity index (χ1n) is 3.89. The van der Waals surface area contributed by atoms with E-state index in [1.54, 1.807) is 0 Å². The van der Waals surface area contributed by atoms with Crippen LogP contribution < -0.4 is 11.5 Å². The molecule has 0 radical (unpaired) electrons. The van der Waals surface area contributed by atoms with E-state index in [9.17, 15) is 5.11 Å². The Hall–Kier alpha value is -0.120. The lowest BCUT2D eigenvalue weighted by Crippen LogP contribution is -2.12. The first-order valence-corrected chi connectivity index (χ1v) is 3.89. The minimum atomic E-state index is -0.188. The van der Waals surface area contributed by atoms with Gasteiger partial charge in [-0.25, -0.2) is 0 Å². The van der Waals surface area contributed by atoms with Crippen LogP contribution in [0.2, 0.25) is 0 Å². The zero-order chi connectivity index (χ0) is 7.82. The molecule has 0 aromatic heterocycles. The highest BCUT2D eigenvalue weighted by Gasteiger charge is 2.00. The lowest BCUT2D eigenvalue weighted by atomic mass is 10.1. The van der Waals surface area contributed by atoms with E-state index < -0.39 is 0 Å². The fraction of sp³-hybridized carbons (Fsp3) is 1.00. The highest BCUT2D eigenvalue weighted by Crippen LogP contribution is 2.02. The number of aliphatic hydroxyl groups excluding tert-OH is 1. The maximum Gasteiger partial charge on any atom is 0.0541 e. The SMILES string of the molecule is NCCCC(O)CCCN. The lowest BCUT2D eigenvalue weighted by Gasteiger charge is -2.07. The number of rotatable bonds is 6. The zero-order valence-corrected chi connectivity index (χ0v) is 6.42. The maximum absolute atomic E-state index is 9.20. The highest BCUT2D eigenvalue weighted by molar-refractivity contribution is 4.56. The van der Waals surface area contributed by atoms with Crippen molar-refractivity contribution in [2.45, 2.75) is 31.8 Å². The average Bonchev–Trinajstić information content (AvgIpc) is 1.97. The molecule has 0 aliphatic carbocycles. The van der Waals surface area contributed by atoms with E-state index in [-0.39, 0.29) is 6.10 Å². The summed E-state index contributed by atoms with van der Waals surface area (Å²) in [5, 5.41) is 9.20. The van der Waals surface area contributed by atoms with Gasteiger partial charge in [0.15, 0.2) is 0 Å². The van der Waals surface area contributed by atoms with E-state index in [1.807, 2.05) is 0 Å². The number of hydrogen-bond acceptors (Lipinski definition) is 3. The Labute approximate surface area is 62.4 Å². The van der Waals surface area contributed by atoms with Crippen LogP contribution in [0.3, 0.4) is 0 Å². The molecule has 0 unspecified atom stereocenters. The zero-order valence-electron chi connectivity index (χ0n) is 6.42. The Morgan fingerprint density at radius 1 is 1.00 bits per heavy atom. The first-order chi connectivity index (χ1) is 4.81. The molecule has 0 aliphatic rings. The molecule has 0 amide bonds. The molecule has 0 fully saturated rings. The summed E-state index contributed by atoms with van der Waals surface area (Å²) in [7, 11) is 0. The van der Waals surface area contributed by atoms with Gasteiger partial charge in [-0.15, -0.1) is 0 Å². The second-order valence-corrected chi connectivity index (χ2v) is 2.52. The van der Waals surface area contributed by atoms with Gasteiger partial charge in [-0.1, -0.05) is 0 Å². The van der Waals surface area contributed by atoms with Crippen LogP contribution in [0.5, 0.6) is 0 Å². The monoisotopic (exact) mass is 146 g/mol. The number of nitrogens with two attached hydrogens (primary N) is 2. The summed E-state index contributed by atoms with van der Waals surface area (Å²) in [6.45, 7) is 1.33. The summed E-state index contributed by atoms with van der Waals surface area (Å²) in [5.74, 6) is 0. The summed E-state index contributed by atoms with van der Waals surface area (Å²) in [6, 6.07) is 0. The Bertz CT molecular complexity index is 60.6. The number of hydrogen-bond donors (Lipinski definition) is 3. The van der Waals surface area contributed by atoms with Crippen LogP contribution in [0.4, 0.5) is 0 Å². The molecule has 0 saturated heterocycles. The van der Waals surface area contributed by atoms with Crippen molar-refractivity contribution in [1.82, 2.24) is 0 Å². The third-order valence-electron chi connectivity index (χ3n) is 1.48. The van der Waals surface area contributed by atoms with Crippen molar-refractivity contribution in [1.29, 1.82) is 0 Å². The van der Waals surface area contributed by atoms with Crippen LogP contribution in [0.25, 0.3) is 0 Å². The fourth-order valence-electron chi connectivity index (χ4n) is 0.851. The molecule has 0 aliphatic heterocycles.